The first-order valence-electron chi connectivity index (χ1n) is 6.49. The van der Waals surface area contributed by atoms with Gasteiger partial charge >= 0.3 is 5.97 Å². The summed E-state index contributed by atoms with van der Waals surface area (Å²) in [5.41, 5.74) is 0.866. The quantitative estimate of drug-likeness (QED) is 0.655. The van der Waals surface area contributed by atoms with E-state index in [1.165, 1.54) is 36.0 Å². The van der Waals surface area contributed by atoms with Crippen LogP contribution in [0.25, 0.3) is 0 Å². The second kappa shape index (κ2) is 7.51. The van der Waals surface area contributed by atoms with Crippen LogP contribution >= 0.6 is 11.8 Å². The van der Waals surface area contributed by atoms with E-state index >= 15 is 0 Å². The van der Waals surface area contributed by atoms with Gasteiger partial charge in [-0.3, -0.25) is 4.79 Å². The summed E-state index contributed by atoms with van der Waals surface area (Å²) in [5, 5.41) is 12.0. The lowest BCUT2D eigenvalue weighted by Crippen LogP contribution is -2.21. The molecule has 114 valence electrons. The van der Waals surface area contributed by atoms with Gasteiger partial charge in [-0.2, -0.15) is 0 Å². The molecule has 0 bridgehead atoms. The second-order valence-electron chi connectivity index (χ2n) is 4.37. The van der Waals surface area contributed by atoms with Crippen LogP contribution < -0.4 is 5.32 Å². The largest absolute Gasteiger partial charge is 0.508 e. The molecule has 0 aliphatic heterocycles. The van der Waals surface area contributed by atoms with Crippen LogP contribution in [0.3, 0.4) is 0 Å². The molecule has 2 aromatic rings. The third-order valence-electron chi connectivity index (χ3n) is 2.80. The van der Waals surface area contributed by atoms with Crippen LogP contribution in [0.4, 0.5) is 5.69 Å². The number of carbonyl (C=O) groups is 2. The van der Waals surface area contributed by atoms with Gasteiger partial charge in [0.05, 0.1) is 11.3 Å². The third kappa shape index (κ3) is 4.26. The Morgan fingerprint density at radius 3 is 2.68 bits per heavy atom. The monoisotopic (exact) mass is 317 g/mol. The van der Waals surface area contributed by atoms with E-state index in [1.807, 2.05) is 24.5 Å². The van der Waals surface area contributed by atoms with Gasteiger partial charge in [0.2, 0.25) is 0 Å². The molecule has 0 aromatic heterocycles. The number of amides is 1. The van der Waals surface area contributed by atoms with Crippen LogP contribution in [-0.4, -0.2) is 29.8 Å². The first-order valence-corrected chi connectivity index (χ1v) is 7.71. The maximum Gasteiger partial charge on any atom is 0.338 e. The third-order valence-corrected chi connectivity index (χ3v) is 3.59. The van der Waals surface area contributed by atoms with E-state index in [4.69, 9.17) is 4.74 Å². The minimum Gasteiger partial charge on any atom is -0.508 e. The van der Waals surface area contributed by atoms with Crippen molar-refractivity contribution in [3.05, 3.63) is 54.1 Å². The summed E-state index contributed by atoms with van der Waals surface area (Å²) in [6.07, 6.45) is 1.91. The fourth-order valence-corrected chi connectivity index (χ4v) is 2.34. The van der Waals surface area contributed by atoms with Crippen LogP contribution in [0.5, 0.6) is 5.75 Å². The first-order chi connectivity index (χ1) is 10.6. The average Bonchev–Trinajstić information content (AvgIpc) is 2.53. The summed E-state index contributed by atoms with van der Waals surface area (Å²) in [7, 11) is 0. The van der Waals surface area contributed by atoms with Crippen molar-refractivity contribution in [2.75, 3.05) is 18.2 Å². The van der Waals surface area contributed by atoms with Crippen molar-refractivity contribution in [3.8, 4) is 5.75 Å². The molecular weight excluding hydrogens is 302 g/mol. The lowest BCUT2D eigenvalue weighted by atomic mass is 10.2. The van der Waals surface area contributed by atoms with Crippen molar-refractivity contribution >= 4 is 29.3 Å². The number of benzene rings is 2. The van der Waals surface area contributed by atoms with Gasteiger partial charge in [0.25, 0.3) is 5.91 Å². The van der Waals surface area contributed by atoms with Crippen molar-refractivity contribution in [2.24, 2.45) is 0 Å². The standard InChI is InChI=1S/C16H15NO4S/c1-22-14-8-3-2-7-13(14)17-15(19)10-21-16(20)11-5-4-6-12(18)9-11/h2-9,18H,10H2,1H3,(H,17,19). The number of phenols is 1. The van der Waals surface area contributed by atoms with E-state index in [0.29, 0.717) is 5.69 Å². The van der Waals surface area contributed by atoms with Gasteiger partial charge in [-0.25, -0.2) is 4.79 Å². The number of nitrogens with one attached hydrogen (secondary N) is 1. The Bertz CT molecular complexity index is 687. The van der Waals surface area contributed by atoms with Crippen molar-refractivity contribution < 1.29 is 19.4 Å². The minimum atomic E-state index is -0.663. The minimum absolute atomic E-state index is 0.0344. The predicted molar refractivity (Wildman–Crippen MR) is 85.2 cm³/mol. The summed E-state index contributed by atoms with van der Waals surface area (Å²) in [4.78, 5) is 24.5. The highest BCUT2D eigenvalue weighted by Crippen LogP contribution is 2.24. The van der Waals surface area contributed by atoms with E-state index in [2.05, 4.69) is 5.32 Å². The number of anilines is 1. The Hall–Kier alpha value is -2.47. The number of hydrogen-bond donors (Lipinski definition) is 2. The highest BCUT2D eigenvalue weighted by Gasteiger charge is 2.11. The molecule has 0 unspecified atom stereocenters. The molecule has 0 aliphatic rings. The Kier molecular flexibility index (Phi) is 5.43. The maximum atomic E-state index is 11.8. The summed E-state index contributed by atoms with van der Waals surface area (Å²) in [5.74, 6) is -1.12. The van der Waals surface area contributed by atoms with Gasteiger partial charge in [-0.1, -0.05) is 18.2 Å². The number of rotatable bonds is 5. The van der Waals surface area contributed by atoms with Crippen molar-refractivity contribution in [1.82, 2.24) is 0 Å². The van der Waals surface area contributed by atoms with E-state index in [9.17, 15) is 14.7 Å². The van der Waals surface area contributed by atoms with Gasteiger partial charge in [-0.05, 0) is 36.6 Å². The van der Waals surface area contributed by atoms with E-state index in [0.717, 1.165) is 4.90 Å². The zero-order chi connectivity index (χ0) is 15.9. The van der Waals surface area contributed by atoms with Crippen LogP contribution in [0.15, 0.2) is 53.4 Å². The molecule has 0 fully saturated rings. The molecule has 5 nitrogen and oxygen atoms in total. The van der Waals surface area contributed by atoms with Crippen molar-refractivity contribution in [1.29, 1.82) is 0 Å². The van der Waals surface area contributed by atoms with E-state index in [1.54, 1.807) is 6.07 Å². The highest BCUT2D eigenvalue weighted by atomic mass is 32.2. The van der Waals surface area contributed by atoms with Crippen LogP contribution in [0.2, 0.25) is 0 Å². The van der Waals surface area contributed by atoms with Gasteiger partial charge in [0, 0.05) is 4.90 Å². The summed E-state index contributed by atoms with van der Waals surface area (Å²) < 4.78 is 4.92. The lowest BCUT2D eigenvalue weighted by molar-refractivity contribution is -0.119. The summed E-state index contributed by atoms with van der Waals surface area (Å²) in [6.45, 7) is -0.392. The number of ether oxygens (including phenoxy) is 1. The summed E-state index contributed by atoms with van der Waals surface area (Å²) >= 11 is 1.51. The Morgan fingerprint density at radius 1 is 1.18 bits per heavy atom. The molecule has 2 aromatic carbocycles. The number of esters is 1. The van der Waals surface area contributed by atoms with Crippen LogP contribution in [0, 0.1) is 0 Å². The zero-order valence-corrected chi connectivity index (χ0v) is 12.7. The number of hydrogen-bond acceptors (Lipinski definition) is 5. The first kappa shape index (κ1) is 15.9. The molecule has 0 saturated carbocycles. The number of phenolic OH excluding ortho intramolecular Hbond substituents is 1. The molecule has 0 radical (unpaired) electrons. The highest BCUT2D eigenvalue weighted by molar-refractivity contribution is 7.98. The smallest absolute Gasteiger partial charge is 0.338 e. The van der Waals surface area contributed by atoms with Gasteiger partial charge in [0.1, 0.15) is 5.75 Å². The maximum absolute atomic E-state index is 11.8. The molecule has 0 aliphatic carbocycles. The zero-order valence-electron chi connectivity index (χ0n) is 11.9. The molecule has 0 spiro atoms. The predicted octanol–water partition coefficient (Wildman–Crippen LogP) is 2.91. The molecule has 2 N–H and O–H groups in total. The Labute approximate surface area is 132 Å². The lowest BCUT2D eigenvalue weighted by Gasteiger charge is -2.09. The number of carbonyl (C=O) groups excluding carboxylic acids is 2. The number of thioether (sulfide) groups is 1. The van der Waals surface area contributed by atoms with E-state index < -0.39 is 18.5 Å². The normalized spacial score (nSPS) is 10.0. The van der Waals surface area contributed by atoms with Crippen molar-refractivity contribution in [2.45, 2.75) is 4.90 Å². The molecular formula is C16H15NO4S. The van der Waals surface area contributed by atoms with Gasteiger partial charge in [0.15, 0.2) is 6.61 Å². The molecule has 22 heavy (non-hydrogen) atoms. The van der Waals surface area contributed by atoms with Crippen LogP contribution in [0.1, 0.15) is 10.4 Å². The van der Waals surface area contributed by atoms with E-state index in [-0.39, 0.29) is 11.3 Å². The SMILES string of the molecule is CSc1ccccc1NC(=O)COC(=O)c1cccc(O)c1. The topological polar surface area (TPSA) is 75.6 Å². The Morgan fingerprint density at radius 2 is 1.95 bits per heavy atom. The number of para-hydroxylation sites is 1. The van der Waals surface area contributed by atoms with Crippen molar-refractivity contribution in [3.63, 3.8) is 0 Å². The molecule has 1 amide bonds. The second-order valence-corrected chi connectivity index (χ2v) is 5.22. The molecule has 0 saturated heterocycles. The fourth-order valence-electron chi connectivity index (χ4n) is 1.78. The molecule has 0 atom stereocenters. The molecule has 0 heterocycles. The molecule has 6 heteroatoms. The number of aromatic hydroxyl groups is 1. The average molecular weight is 317 g/mol. The fraction of sp³-hybridized carbons (Fsp3) is 0.125. The summed E-state index contributed by atoms with van der Waals surface area (Å²) in [6, 6.07) is 13.1. The van der Waals surface area contributed by atoms with Crippen LogP contribution in [-0.2, 0) is 9.53 Å². The Balaban J connectivity index is 1.91. The van der Waals surface area contributed by atoms with Gasteiger partial charge < -0.3 is 15.2 Å². The van der Waals surface area contributed by atoms with Gasteiger partial charge in [-0.15, -0.1) is 11.8 Å². The molecule has 2 rings (SSSR count).